The predicted molar refractivity (Wildman–Crippen MR) is 79.2 cm³/mol. The first-order valence-corrected chi connectivity index (χ1v) is 7.60. The lowest BCUT2D eigenvalue weighted by Crippen LogP contribution is -2.47. The minimum absolute atomic E-state index is 0.0349. The molecule has 2 aliphatic heterocycles. The van der Waals surface area contributed by atoms with Gasteiger partial charge in [-0.25, -0.2) is 0 Å². The Balaban J connectivity index is 1.93. The van der Waals surface area contributed by atoms with Crippen LogP contribution in [0.3, 0.4) is 0 Å². The van der Waals surface area contributed by atoms with Crippen LogP contribution in [0.5, 0.6) is 11.5 Å². The van der Waals surface area contributed by atoms with Crippen LogP contribution in [0.1, 0.15) is 37.3 Å². The van der Waals surface area contributed by atoms with Gasteiger partial charge in [-0.3, -0.25) is 4.90 Å². The summed E-state index contributed by atoms with van der Waals surface area (Å²) in [6.45, 7) is 2.87. The van der Waals surface area contributed by atoms with Crippen LogP contribution in [0.25, 0.3) is 0 Å². The zero-order valence-corrected chi connectivity index (χ0v) is 12.2. The first-order chi connectivity index (χ1) is 9.79. The summed E-state index contributed by atoms with van der Waals surface area (Å²) in [5.41, 5.74) is 7.54. The molecule has 3 rings (SSSR count). The second kappa shape index (κ2) is 6.02. The maximum atomic E-state index is 6.36. The van der Waals surface area contributed by atoms with Crippen LogP contribution in [0, 0.1) is 0 Å². The molecule has 0 aromatic heterocycles. The number of hydrogen-bond donors (Lipinski definition) is 1. The van der Waals surface area contributed by atoms with E-state index in [2.05, 4.69) is 11.0 Å². The Morgan fingerprint density at radius 2 is 1.95 bits per heavy atom. The van der Waals surface area contributed by atoms with Crippen molar-refractivity contribution >= 4 is 0 Å². The molecule has 2 aliphatic rings. The minimum atomic E-state index is 0.0349. The highest BCUT2D eigenvalue weighted by atomic mass is 16.5. The molecule has 110 valence electrons. The number of ether oxygens (including phenoxy) is 2. The lowest BCUT2D eigenvalue weighted by Gasteiger charge is -2.39. The fourth-order valence-electron chi connectivity index (χ4n) is 3.36. The van der Waals surface area contributed by atoms with Gasteiger partial charge < -0.3 is 15.2 Å². The molecule has 2 N–H and O–H groups in total. The molecule has 1 fully saturated rings. The van der Waals surface area contributed by atoms with Crippen LogP contribution < -0.4 is 15.2 Å². The maximum Gasteiger partial charge on any atom is 0.124 e. The van der Waals surface area contributed by atoms with E-state index in [0.29, 0.717) is 6.61 Å². The highest BCUT2D eigenvalue weighted by Crippen LogP contribution is 2.38. The molecular formula is C16H24N2O2. The van der Waals surface area contributed by atoms with Crippen LogP contribution >= 0.6 is 0 Å². The largest absolute Gasteiger partial charge is 0.497 e. The Morgan fingerprint density at radius 3 is 2.65 bits per heavy atom. The van der Waals surface area contributed by atoms with Crippen molar-refractivity contribution in [3.8, 4) is 11.5 Å². The summed E-state index contributed by atoms with van der Waals surface area (Å²) >= 11 is 0. The van der Waals surface area contributed by atoms with Gasteiger partial charge >= 0.3 is 0 Å². The highest BCUT2D eigenvalue weighted by molar-refractivity contribution is 5.44. The number of methoxy groups -OCH3 is 1. The number of nitrogens with zero attached hydrogens (tertiary/aromatic N) is 1. The number of hydrogen-bond acceptors (Lipinski definition) is 4. The Kier molecular flexibility index (Phi) is 4.13. The highest BCUT2D eigenvalue weighted by Gasteiger charge is 2.33. The van der Waals surface area contributed by atoms with E-state index in [0.717, 1.165) is 24.6 Å². The van der Waals surface area contributed by atoms with Crippen molar-refractivity contribution in [1.82, 2.24) is 4.90 Å². The first kappa shape index (κ1) is 13.7. The van der Waals surface area contributed by atoms with Gasteiger partial charge in [-0.05, 0) is 44.1 Å². The summed E-state index contributed by atoms with van der Waals surface area (Å²) in [6, 6.07) is 6.34. The molecule has 0 amide bonds. The number of rotatable bonds is 2. The zero-order valence-electron chi connectivity index (χ0n) is 12.2. The summed E-state index contributed by atoms with van der Waals surface area (Å²) in [7, 11) is 1.70. The lowest BCUT2D eigenvalue weighted by atomic mass is 9.94. The third-order valence-electron chi connectivity index (χ3n) is 4.41. The molecule has 0 spiro atoms. The van der Waals surface area contributed by atoms with Crippen molar-refractivity contribution in [2.75, 3.05) is 26.8 Å². The number of fused-ring (bicyclic) bond motifs is 1. The zero-order chi connectivity index (χ0) is 13.9. The van der Waals surface area contributed by atoms with Gasteiger partial charge in [0.2, 0.25) is 0 Å². The molecule has 1 saturated heterocycles. The number of nitrogens with two attached hydrogens (primary N) is 1. The normalized spacial score (nSPS) is 27.3. The third kappa shape index (κ3) is 2.63. The van der Waals surface area contributed by atoms with Gasteiger partial charge in [-0.15, -0.1) is 0 Å². The molecule has 4 nitrogen and oxygen atoms in total. The van der Waals surface area contributed by atoms with Crippen LogP contribution in [0.2, 0.25) is 0 Å². The standard InChI is InChI=1S/C16H24N2O2/c1-19-12-6-7-15-13(10-12)16(14(17)11-20-15)18-8-4-2-3-5-9-18/h6-7,10,14,16H,2-5,8-9,11,17H2,1H3. The van der Waals surface area contributed by atoms with Gasteiger partial charge in [-0.1, -0.05) is 12.8 Å². The second-order valence-electron chi connectivity index (χ2n) is 5.77. The molecule has 2 heterocycles. The SMILES string of the molecule is COc1ccc2c(c1)C(N1CCCCCC1)C(N)CO2. The molecule has 1 aromatic carbocycles. The lowest BCUT2D eigenvalue weighted by molar-refractivity contribution is 0.121. The summed E-state index contributed by atoms with van der Waals surface area (Å²) in [6.07, 6.45) is 5.20. The van der Waals surface area contributed by atoms with E-state index in [1.165, 1.54) is 31.2 Å². The van der Waals surface area contributed by atoms with Crippen molar-refractivity contribution in [3.05, 3.63) is 23.8 Å². The molecule has 0 saturated carbocycles. The Labute approximate surface area is 120 Å². The van der Waals surface area contributed by atoms with Gasteiger partial charge in [0, 0.05) is 5.56 Å². The average Bonchev–Trinajstić information content (AvgIpc) is 2.75. The van der Waals surface area contributed by atoms with Crippen molar-refractivity contribution in [2.24, 2.45) is 5.73 Å². The number of benzene rings is 1. The predicted octanol–water partition coefficient (Wildman–Crippen LogP) is 2.33. The van der Waals surface area contributed by atoms with Crippen molar-refractivity contribution < 1.29 is 9.47 Å². The van der Waals surface area contributed by atoms with Gasteiger partial charge in [0.05, 0.1) is 19.2 Å². The summed E-state index contributed by atoms with van der Waals surface area (Å²) < 4.78 is 11.1. The fourth-order valence-corrected chi connectivity index (χ4v) is 3.36. The quantitative estimate of drug-likeness (QED) is 0.900. The van der Waals surface area contributed by atoms with Gasteiger partial charge in [0.1, 0.15) is 18.1 Å². The van der Waals surface area contributed by atoms with E-state index in [-0.39, 0.29) is 12.1 Å². The molecular weight excluding hydrogens is 252 g/mol. The Morgan fingerprint density at radius 1 is 1.20 bits per heavy atom. The van der Waals surface area contributed by atoms with Crippen LogP contribution in [0.4, 0.5) is 0 Å². The summed E-state index contributed by atoms with van der Waals surface area (Å²) in [5.74, 6) is 1.84. The van der Waals surface area contributed by atoms with Crippen LogP contribution in [-0.2, 0) is 0 Å². The molecule has 0 aliphatic carbocycles. The molecule has 0 radical (unpaired) electrons. The average molecular weight is 276 g/mol. The Bertz CT molecular complexity index is 456. The maximum absolute atomic E-state index is 6.36. The van der Waals surface area contributed by atoms with Crippen molar-refractivity contribution in [2.45, 2.75) is 37.8 Å². The van der Waals surface area contributed by atoms with E-state index in [1.807, 2.05) is 12.1 Å². The van der Waals surface area contributed by atoms with Gasteiger partial charge in [0.25, 0.3) is 0 Å². The fraction of sp³-hybridized carbons (Fsp3) is 0.625. The van der Waals surface area contributed by atoms with Gasteiger partial charge in [-0.2, -0.15) is 0 Å². The van der Waals surface area contributed by atoms with Crippen molar-refractivity contribution in [3.63, 3.8) is 0 Å². The minimum Gasteiger partial charge on any atom is -0.497 e. The molecule has 1 aromatic rings. The molecule has 2 unspecified atom stereocenters. The van der Waals surface area contributed by atoms with E-state index in [9.17, 15) is 0 Å². The third-order valence-corrected chi connectivity index (χ3v) is 4.41. The topological polar surface area (TPSA) is 47.7 Å². The molecule has 4 heteroatoms. The van der Waals surface area contributed by atoms with Crippen molar-refractivity contribution in [1.29, 1.82) is 0 Å². The first-order valence-electron chi connectivity index (χ1n) is 7.60. The van der Waals surface area contributed by atoms with Crippen LogP contribution in [0.15, 0.2) is 18.2 Å². The molecule has 20 heavy (non-hydrogen) atoms. The van der Waals surface area contributed by atoms with E-state index in [1.54, 1.807) is 7.11 Å². The number of likely N-dealkylation sites (tertiary alicyclic amines) is 1. The molecule has 2 atom stereocenters. The van der Waals surface area contributed by atoms with E-state index >= 15 is 0 Å². The van der Waals surface area contributed by atoms with E-state index < -0.39 is 0 Å². The van der Waals surface area contributed by atoms with E-state index in [4.69, 9.17) is 15.2 Å². The summed E-state index contributed by atoms with van der Waals surface area (Å²) in [4.78, 5) is 2.54. The molecule has 0 bridgehead atoms. The monoisotopic (exact) mass is 276 g/mol. The van der Waals surface area contributed by atoms with Gasteiger partial charge in [0.15, 0.2) is 0 Å². The Hall–Kier alpha value is -1.26. The smallest absolute Gasteiger partial charge is 0.124 e. The second-order valence-corrected chi connectivity index (χ2v) is 5.77. The summed E-state index contributed by atoms with van der Waals surface area (Å²) in [5, 5.41) is 0. The van der Waals surface area contributed by atoms with Crippen LogP contribution in [-0.4, -0.2) is 37.7 Å².